The number of fused-ring (bicyclic) bond motifs is 1. The molecule has 1 amide bonds. The van der Waals surface area contributed by atoms with Crippen LogP contribution in [0.1, 0.15) is 24.0 Å². The third kappa shape index (κ3) is 4.05. The highest BCUT2D eigenvalue weighted by Gasteiger charge is 2.34. The third-order valence-electron chi connectivity index (χ3n) is 5.04. The van der Waals surface area contributed by atoms with Crippen LogP contribution in [-0.2, 0) is 14.8 Å². The van der Waals surface area contributed by atoms with E-state index in [2.05, 4.69) is 26.3 Å². The Kier molecular flexibility index (Phi) is 5.51. The number of nitrogens with one attached hydrogen (secondary N) is 1. The minimum atomic E-state index is -3.91. The van der Waals surface area contributed by atoms with Crippen molar-refractivity contribution in [1.82, 2.24) is 19.3 Å². The van der Waals surface area contributed by atoms with Gasteiger partial charge in [-0.15, -0.1) is 0 Å². The van der Waals surface area contributed by atoms with Crippen molar-refractivity contribution in [2.24, 2.45) is 5.92 Å². The Labute approximate surface area is 177 Å². The summed E-state index contributed by atoms with van der Waals surface area (Å²) in [7, 11) is -3.91. The lowest BCUT2D eigenvalue weighted by atomic mass is 9.97. The van der Waals surface area contributed by atoms with E-state index in [1.54, 1.807) is 0 Å². The standard InChI is InChI=1S/C19H20FN5O3S2/c1-11-7-12(2)16-15(8-11)23-18(29-16)24-17(26)13-3-5-25(6-4-13)30(27,28)19-21-9-14(20)10-22-19/h7-10,13H,3-6H2,1-2H3,(H,23,24,26). The number of amides is 1. The molecule has 158 valence electrons. The number of hydrogen-bond acceptors (Lipinski definition) is 7. The van der Waals surface area contributed by atoms with Crippen LogP contribution in [0.3, 0.4) is 0 Å². The molecule has 1 aliphatic rings. The SMILES string of the molecule is Cc1cc(C)c2sc(NC(=O)C3CCN(S(=O)(=O)c4ncc(F)cn4)CC3)nc2c1. The Bertz CT molecular complexity index is 1200. The number of benzene rings is 1. The van der Waals surface area contributed by atoms with Crippen molar-refractivity contribution in [1.29, 1.82) is 0 Å². The number of anilines is 1. The second-order valence-corrected chi connectivity index (χ2v) is 10.1. The summed E-state index contributed by atoms with van der Waals surface area (Å²) >= 11 is 1.43. The molecule has 1 aliphatic heterocycles. The molecule has 0 atom stereocenters. The van der Waals surface area contributed by atoms with Gasteiger partial charge in [0, 0.05) is 19.0 Å². The number of piperidine rings is 1. The van der Waals surface area contributed by atoms with E-state index in [9.17, 15) is 17.6 Å². The van der Waals surface area contributed by atoms with Crippen LogP contribution in [0, 0.1) is 25.6 Å². The molecule has 4 rings (SSSR count). The minimum Gasteiger partial charge on any atom is -0.302 e. The Morgan fingerprint density at radius 3 is 2.53 bits per heavy atom. The van der Waals surface area contributed by atoms with E-state index in [4.69, 9.17) is 0 Å². The number of halogens is 1. The molecule has 11 heteroatoms. The highest BCUT2D eigenvalue weighted by Crippen LogP contribution is 2.31. The molecular weight excluding hydrogens is 429 g/mol. The van der Waals surface area contributed by atoms with Gasteiger partial charge in [0.2, 0.25) is 5.91 Å². The van der Waals surface area contributed by atoms with Crippen LogP contribution in [0.4, 0.5) is 9.52 Å². The first kappa shape index (κ1) is 20.8. The van der Waals surface area contributed by atoms with Gasteiger partial charge in [0.25, 0.3) is 15.2 Å². The van der Waals surface area contributed by atoms with Crippen molar-refractivity contribution < 1.29 is 17.6 Å². The fourth-order valence-electron chi connectivity index (χ4n) is 3.55. The van der Waals surface area contributed by atoms with Gasteiger partial charge in [0.15, 0.2) is 10.9 Å². The first-order chi connectivity index (χ1) is 14.2. The summed E-state index contributed by atoms with van der Waals surface area (Å²) in [5, 5.41) is 2.98. The highest BCUT2D eigenvalue weighted by molar-refractivity contribution is 7.88. The molecule has 0 aliphatic carbocycles. The van der Waals surface area contributed by atoms with E-state index in [1.165, 1.54) is 15.6 Å². The van der Waals surface area contributed by atoms with Gasteiger partial charge in [-0.1, -0.05) is 17.4 Å². The van der Waals surface area contributed by atoms with Crippen molar-refractivity contribution in [3.8, 4) is 0 Å². The molecule has 3 aromatic rings. The van der Waals surface area contributed by atoms with Crippen LogP contribution in [-0.4, -0.2) is 46.7 Å². The molecule has 0 radical (unpaired) electrons. The van der Waals surface area contributed by atoms with Gasteiger partial charge in [0.1, 0.15) is 0 Å². The quantitative estimate of drug-likeness (QED) is 0.614. The summed E-state index contributed by atoms with van der Waals surface area (Å²) < 4.78 is 40.4. The molecule has 1 aromatic carbocycles. The van der Waals surface area contributed by atoms with Crippen LogP contribution < -0.4 is 5.32 Å². The van der Waals surface area contributed by atoms with Crippen molar-refractivity contribution >= 4 is 42.6 Å². The minimum absolute atomic E-state index is 0.166. The van der Waals surface area contributed by atoms with Crippen molar-refractivity contribution in [3.05, 3.63) is 41.5 Å². The molecule has 0 saturated carbocycles. The van der Waals surface area contributed by atoms with Crippen molar-refractivity contribution in [2.75, 3.05) is 18.4 Å². The number of sulfonamides is 1. The van der Waals surface area contributed by atoms with Gasteiger partial charge < -0.3 is 5.32 Å². The summed E-state index contributed by atoms with van der Waals surface area (Å²) in [5.41, 5.74) is 3.08. The molecule has 0 spiro atoms. The lowest BCUT2D eigenvalue weighted by molar-refractivity contribution is -0.120. The number of rotatable bonds is 4. The third-order valence-corrected chi connectivity index (χ3v) is 7.88. The summed E-state index contributed by atoms with van der Waals surface area (Å²) in [5.74, 6) is -1.19. The molecular formula is C19H20FN5O3S2. The predicted molar refractivity (Wildman–Crippen MR) is 111 cm³/mol. The molecule has 8 nitrogen and oxygen atoms in total. The van der Waals surface area contributed by atoms with Crippen LogP contribution in [0.2, 0.25) is 0 Å². The lowest BCUT2D eigenvalue weighted by Crippen LogP contribution is -2.41. The number of carbonyl (C=O) groups excluding carboxylic acids is 1. The maximum Gasteiger partial charge on any atom is 0.278 e. The zero-order valence-corrected chi connectivity index (χ0v) is 18.1. The number of carbonyl (C=O) groups is 1. The first-order valence-corrected chi connectivity index (χ1v) is 11.7. The molecule has 0 bridgehead atoms. The van der Waals surface area contributed by atoms with Crippen molar-refractivity contribution in [3.63, 3.8) is 0 Å². The summed E-state index contributed by atoms with van der Waals surface area (Å²) in [6.07, 6.45) is 2.38. The predicted octanol–water partition coefficient (Wildman–Crippen LogP) is 2.88. The van der Waals surface area contributed by atoms with Crippen LogP contribution >= 0.6 is 11.3 Å². The molecule has 1 fully saturated rings. The smallest absolute Gasteiger partial charge is 0.278 e. The van der Waals surface area contributed by atoms with Gasteiger partial charge in [-0.3, -0.25) is 4.79 Å². The van der Waals surface area contributed by atoms with E-state index < -0.39 is 21.0 Å². The van der Waals surface area contributed by atoms with Gasteiger partial charge >= 0.3 is 0 Å². The van der Waals surface area contributed by atoms with Gasteiger partial charge in [-0.2, -0.15) is 4.31 Å². The van der Waals surface area contributed by atoms with Gasteiger partial charge in [-0.25, -0.2) is 27.8 Å². The maximum atomic E-state index is 13.0. The Hall–Kier alpha value is -2.50. The zero-order chi connectivity index (χ0) is 21.5. The molecule has 3 heterocycles. The van der Waals surface area contributed by atoms with Crippen molar-refractivity contribution in [2.45, 2.75) is 31.8 Å². The van der Waals surface area contributed by atoms with Crippen LogP contribution in [0.15, 0.2) is 29.7 Å². The van der Waals surface area contributed by atoms with Gasteiger partial charge in [-0.05, 0) is 43.9 Å². The van der Waals surface area contributed by atoms with E-state index in [0.717, 1.165) is 33.7 Å². The number of hydrogen-bond donors (Lipinski definition) is 1. The van der Waals surface area contributed by atoms with E-state index in [-0.39, 0.29) is 24.9 Å². The average Bonchev–Trinajstić information content (AvgIpc) is 3.11. The zero-order valence-electron chi connectivity index (χ0n) is 16.4. The molecule has 0 unspecified atom stereocenters. The van der Waals surface area contributed by atoms with Crippen LogP contribution in [0.5, 0.6) is 0 Å². The Balaban J connectivity index is 1.41. The number of thiazole rings is 1. The molecule has 30 heavy (non-hydrogen) atoms. The second kappa shape index (κ2) is 7.97. The monoisotopic (exact) mass is 449 g/mol. The lowest BCUT2D eigenvalue weighted by Gasteiger charge is -2.29. The highest BCUT2D eigenvalue weighted by atomic mass is 32.2. The topological polar surface area (TPSA) is 105 Å². The fraction of sp³-hybridized carbons (Fsp3) is 0.368. The van der Waals surface area contributed by atoms with E-state index in [1.807, 2.05) is 19.9 Å². The summed E-state index contributed by atoms with van der Waals surface area (Å²) in [4.78, 5) is 24.3. The average molecular weight is 450 g/mol. The van der Waals surface area contributed by atoms with E-state index in [0.29, 0.717) is 18.0 Å². The fourth-order valence-corrected chi connectivity index (χ4v) is 5.76. The summed E-state index contributed by atoms with van der Waals surface area (Å²) in [6.45, 7) is 4.35. The molecule has 1 N–H and O–H groups in total. The maximum absolute atomic E-state index is 13.0. The molecule has 1 saturated heterocycles. The van der Waals surface area contributed by atoms with Gasteiger partial charge in [0.05, 0.1) is 22.6 Å². The van der Waals surface area contributed by atoms with Crippen LogP contribution in [0.25, 0.3) is 10.2 Å². The number of aromatic nitrogens is 3. The van der Waals surface area contributed by atoms with E-state index >= 15 is 0 Å². The largest absolute Gasteiger partial charge is 0.302 e. The normalized spacial score (nSPS) is 16.1. The Morgan fingerprint density at radius 2 is 1.87 bits per heavy atom. The summed E-state index contributed by atoms with van der Waals surface area (Å²) in [6, 6.07) is 4.06. The first-order valence-electron chi connectivity index (χ1n) is 9.40. The second-order valence-electron chi connectivity index (χ2n) is 7.30. The molecule has 2 aromatic heterocycles. The number of aryl methyl sites for hydroxylation is 2. The Morgan fingerprint density at radius 1 is 1.20 bits per heavy atom. The number of nitrogens with zero attached hydrogens (tertiary/aromatic N) is 4.